The Morgan fingerprint density at radius 2 is 2.17 bits per heavy atom. The van der Waals surface area contributed by atoms with Gasteiger partial charge in [0, 0.05) is 35.9 Å². The number of nitrogens with one attached hydrogen (secondary N) is 2. The number of aryl methyl sites for hydroxylation is 1. The molecule has 1 aromatic carbocycles. The molecule has 2 N–H and O–H groups in total. The number of benzene rings is 1. The maximum atomic E-state index is 11.9. The number of rotatable bonds is 8. The zero-order chi connectivity index (χ0) is 16.8. The molecule has 0 spiro atoms. The molecule has 0 bridgehead atoms. The number of aromatic nitrogens is 1. The molecule has 1 aliphatic rings. The molecule has 2 heterocycles. The summed E-state index contributed by atoms with van der Waals surface area (Å²) in [6.45, 7) is 6.40. The molecular weight excluding hydrogens is 318 g/mol. The fraction of sp³-hybridized carbons (Fsp3) is 0.526. The number of carbonyl (C=O) groups excluding carboxylic acids is 1. The van der Waals surface area contributed by atoms with Crippen molar-refractivity contribution in [2.45, 2.75) is 26.2 Å². The molecule has 1 aliphatic heterocycles. The summed E-state index contributed by atoms with van der Waals surface area (Å²) in [7, 11) is 0. The summed E-state index contributed by atoms with van der Waals surface area (Å²) >= 11 is 1.74. The normalized spacial score (nSPS) is 15.2. The Morgan fingerprint density at radius 3 is 3.00 bits per heavy atom. The largest absolute Gasteiger partial charge is 0.361 e. The van der Waals surface area contributed by atoms with Gasteiger partial charge in [0.25, 0.3) is 0 Å². The SMILES string of the molecule is Cc1cccc2c(CCNC(=O)CSCCN3CCCC3)c[nH]c12. The Morgan fingerprint density at radius 1 is 1.33 bits per heavy atom. The maximum Gasteiger partial charge on any atom is 0.230 e. The third-order valence-corrected chi connectivity index (χ3v) is 5.65. The lowest BCUT2D eigenvalue weighted by molar-refractivity contribution is -0.118. The number of aromatic amines is 1. The van der Waals surface area contributed by atoms with Crippen LogP contribution in [0, 0.1) is 6.92 Å². The molecule has 1 aromatic heterocycles. The first-order valence-corrected chi connectivity index (χ1v) is 10.0. The lowest BCUT2D eigenvalue weighted by atomic mass is 10.1. The smallest absolute Gasteiger partial charge is 0.230 e. The molecule has 1 saturated heterocycles. The molecule has 0 aliphatic carbocycles. The van der Waals surface area contributed by atoms with E-state index in [2.05, 4.69) is 46.5 Å². The minimum Gasteiger partial charge on any atom is -0.361 e. The number of hydrogen-bond donors (Lipinski definition) is 2. The molecule has 0 atom stereocenters. The number of H-pyrrole nitrogens is 1. The first-order chi connectivity index (χ1) is 11.7. The van der Waals surface area contributed by atoms with Crippen molar-refractivity contribution in [3.63, 3.8) is 0 Å². The van der Waals surface area contributed by atoms with Crippen molar-refractivity contribution in [1.82, 2.24) is 15.2 Å². The average molecular weight is 346 g/mol. The zero-order valence-electron chi connectivity index (χ0n) is 14.4. The van der Waals surface area contributed by atoms with Crippen molar-refractivity contribution >= 4 is 28.6 Å². The molecular formula is C19H27N3OS. The van der Waals surface area contributed by atoms with Crippen LogP contribution in [0.25, 0.3) is 10.9 Å². The Bertz CT molecular complexity index is 676. The summed E-state index contributed by atoms with van der Waals surface area (Å²) in [6.07, 6.45) is 5.60. The number of amides is 1. The number of nitrogens with zero attached hydrogens (tertiary/aromatic N) is 1. The van der Waals surface area contributed by atoms with Crippen LogP contribution in [0.15, 0.2) is 24.4 Å². The molecule has 130 valence electrons. The summed E-state index contributed by atoms with van der Waals surface area (Å²) < 4.78 is 0. The summed E-state index contributed by atoms with van der Waals surface area (Å²) in [5.74, 6) is 1.77. The summed E-state index contributed by atoms with van der Waals surface area (Å²) in [6, 6.07) is 6.35. The second-order valence-electron chi connectivity index (χ2n) is 6.51. The highest BCUT2D eigenvalue weighted by atomic mass is 32.2. The molecule has 0 unspecified atom stereocenters. The van der Waals surface area contributed by atoms with Crippen LogP contribution in [0.3, 0.4) is 0 Å². The Balaban J connectivity index is 1.34. The number of para-hydroxylation sites is 1. The van der Waals surface area contributed by atoms with Crippen LogP contribution >= 0.6 is 11.8 Å². The summed E-state index contributed by atoms with van der Waals surface area (Å²) in [5, 5.41) is 4.31. The number of fused-ring (bicyclic) bond motifs is 1. The Labute approximate surface area is 148 Å². The third-order valence-electron chi connectivity index (χ3n) is 4.71. The predicted molar refractivity (Wildman–Crippen MR) is 103 cm³/mol. The van der Waals surface area contributed by atoms with E-state index in [4.69, 9.17) is 0 Å². The Kier molecular flexibility index (Phi) is 6.21. The first-order valence-electron chi connectivity index (χ1n) is 8.86. The molecule has 2 aromatic rings. The van der Waals surface area contributed by atoms with Crippen molar-refractivity contribution < 1.29 is 4.79 Å². The van der Waals surface area contributed by atoms with Gasteiger partial charge in [-0.25, -0.2) is 0 Å². The van der Waals surface area contributed by atoms with Crippen molar-refractivity contribution in [3.8, 4) is 0 Å². The van der Waals surface area contributed by atoms with E-state index in [0.29, 0.717) is 12.3 Å². The second-order valence-corrected chi connectivity index (χ2v) is 7.62. The monoisotopic (exact) mass is 345 g/mol. The van der Waals surface area contributed by atoms with Gasteiger partial charge in [-0.05, 0) is 50.4 Å². The lowest BCUT2D eigenvalue weighted by Gasteiger charge is -2.13. The van der Waals surface area contributed by atoms with Gasteiger partial charge < -0.3 is 15.2 Å². The number of carbonyl (C=O) groups is 1. The van der Waals surface area contributed by atoms with Gasteiger partial charge in [-0.1, -0.05) is 18.2 Å². The van der Waals surface area contributed by atoms with Crippen LogP contribution in [0.2, 0.25) is 0 Å². The molecule has 0 saturated carbocycles. The van der Waals surface area contributed by atoms with Gasteiger partial charge in [-0.2, -0.15) is 11.8 Å². The quantitative estimate of drug-likeness (QED) is 0.723. The fourth-order valence-corrected chi connectivity index (χ4v) is 4.14. The van der Waals surface area contributed by atoms with Crippen molar-refractivity contribution in [2.24, 2.45) is 0 Å². The molecule has 3 rings (SSSR count). The predicted octanol–water partition coefficient (Wildman–Crippen LogP) is 2.96. The van der Waals surface area contributed by atoms with Gasteiger partial charge in [0.2, 0.25) is 5.91 Å². The number of likely N-dealkylation sites (tertiary alicyclic amines) is 1. The average Bonchev–Trinajstić information content (AvgIpc) is 3.22. The van der Waals surface area contributed by atoms with E-state index in [1.165, 1.54) is 48.0 Å². The minimum atomic E-state index is 0.150. The molecule has 1 amide bonds. The topological polar surface area (TPSA) is 48.1 Å². The van der Waals surface area contributed by atoms with E-state index < -0.39 is 0 Å². The third kappa shape index (κ3) is 4.54. The van der Waals surface area contributed by atoms with E-state index in [9.17, 15) is 4.79 Å². The maximum absolute atomic E-state index is 11.9. The van der Waals surface area contributed by atoms with Gasteiger partial charge >= 0.3 is 0 Å². The van der Waals surface area contributed by atoms with Crippen molar-refractivity contribution in [3.05, 3.63) is 35.5 Å². The van der Waals surface area contributed by atoms with Gasteiger partial charge in [0.15, 0.2) is 0 Å². The fourth-order valence-electron chi connectivity index (χ4n) is 3.32. The van der Waals surface area contributed by atoms with Crippen LogP contribution in [0.5, 0.6) is 0 Å². The van der Waals surface area contributed by atoms with Crippen molar-refractivity contribution in [1.29, 1.82) is 0 Å². The lowest BCUT2D eigenvalue weighted by Crippen LogP contribution is -2.28. The summed E-state index contributed by atoms with van der Waals surface area (Å²) in [5.41, 5.74) is 3.74. The summed E-state index contributed by atoms with van der Waals surface area (Å²) in [4.78, 5) is 17.8. The van der Waals surface area contributed by atoms with Crippen LogP contribution in [-0.4, -0.2) is 53.5 Å². The molecule has 1 fully saturated rings. The first kappa shape index (κ1) is 17.4. The van der Waals surface area contributed by atoms with E-state index in [1.54, 1.807) is 11.8 Å². The molecule has 0 radical (unpaired) electrons. The van der Waals surface area contributed by atoms with E-state index in [0.717, 1.165) is 18.7 Å². The second kappa shape index (κ2) is 8.58. The zero-order valence-corrected chi connectivity index (χ0v) is 15.3. The van der Waals surface area contributed by atoms with Gasteiger partial charge in [-0.3, -0.25) is 4.79 Å². The highest BCUT2D eigenvalue weighted by Gasteiger charge is 2.11. The highest BCUT2D eigenvalue weighted by Crippen LogP contribution is 2.21. The number of hydrogen-bond acceptors (Lipinski definition) is 3. The van der Waals surface area contributed by atoms with Crippen molar-refractivity contribution in [2.75, 3.05) is 37.7 Å². The van der Waals surface area contributed by atoms with Crippen LogP contribution in [0.1, 0.15) is 24.0 Å². The highest BCUT2D eigenvalue weighted by molar-refractivity contribution is 7.99. The molecule has 24 heavy (non-hydrogen) atoms. The van der Waals surface area contributed by atoms with Gasteiger partial charge in [0.1, 0.15) is 0 Å². The van der Waals surface area contributed by atoms with E-state index in [-0.39, 0.29) is 5.91 Å². The van der Waals surface area contributed by atoms with E-state index in [1.807, 2.05) is 0 Å². The van der Waals surface area contributed by atoms with Crippen LogP contribution < -0.4 is 5.32 Å². The standard InChI is InChI=1S/C19H27N3OS/c1-15-5-4-6-17-16(13-21-19(15)17)7-8-20-18(23)14-24-12-11-22-9-2-3-10-22/h4-6,13,21H,2-3,7-12,14H2,1H3,(H,20,23). The van der Waals surface area contributed by atoms with Crippen LogP contribution in [-0.2, 0) is 11.2 Å². The molecule has 5 heteroatoms. The molecule has 4 nitrogen and oxygen atoms in total. The number of thioether (sulfide) groups is 1. The van der Waals surface area contributed by atoms with E-state index >= 15 is 0 Å². The Hall–Kier alpha value is -1.46. The minimum absolute atomic E-state index is 0.150. The van der Waals surface area contributed by atoms with Crippen LogP contribution in [0.4, 0.5) is 0 Å². The van der Waals surface area contributed by atoms with Gasteiger partial charge in [-0.15, -0.1) is 0 Å². The van der Waals surface area contributed by atoms with Gasteiger partial charge in [0.05, 0.1) is 5.75 Å².